The first-order chi connectivity index (χ1) is 8.74. The SMILES string of the molecule is O=S(=O)(NCCOCC(F)(F)F)c1ccc(CO)o1. The lowest BCUT2D eigenvalue weighted by molar-refractivity contribution is -0.173. The minimum atomic E-state index is -4.45. The Morgan fingerprint density at radius 1 is 1.37 bits per heavy atom. The number of rotatable bonds is 7. The van der Waals surface area contributed by atoms with E-state index in [-0.39, 0.29) is 12.3 Å². The molecule has 6 nitrogen and oxygen atoms in total. The highest BCUT2D eigenvalue weighted by atomic mass is 32.2. The van der Waals surface area contributed by atoms with Crippen LogP contribution in [0.25, 0.3) is 0 Å². The minimum Gasteiger partial charge on any atom is -0.446 e. The molecule has 110 valence electrons. The molecular formula is C9H12F3NO5S. The van der Waals surface area contributed by atoms with Crippen molar-refractivity contribution in [2.75, 3.05) is 19.8 Å². The molecule has 0 saturated carbocycles. The highest BCUT2D eigenvalue weighted by Crippen LogP contribution is 2.15. The van der Waals surface area contributed by atoms with Crippen LogP contribution < -0.4 is 4.72 Å². The molecular weight excluding hydrogens is 291 g/mol. The molecule has 1 aromatic heterocycles. The fourth-order valence-electron chi connectivity index (χ4n) is 1.09. The summed E-state index contributed by atoms with van der Waals surface area (Å²) in [4.78, 5) is 0. The Kier molecular flexibility index (Phi) is 5.35. The van der Waals surface area contributed by atoms with Gasteiger partial charge in [0, 0.05) is 6.54 Å². The Morgan fingerprint density at radius 2 is 2.05 bits per heavy atom. The summed E-state index contributed by atoms with van der Waals surface area (Å²) in [7, 11) is -3.95. The van der Waals surface area contributed by atoms with Gasteiger partial charge in [-0.05, 0) is 12.1 Å². The van der Waals surface area contributed by atoms with Crippen LogP contribution in [0.3, 0.4) is 0 Å². The summed E-state index contributed by atoms with van der Waals surface area (Å²) in [5.74, 6) is 0.0636. The van der Waals surface area contributed by atoms with Gasteiger partial charge in [0.05, 0.1) is 6.61 Å². The van der Waals surface area contributed by atoms with Crippen molar-refractivity contribution < 1.29 is 35.8 Å². The standard InChI is InChI=1S/C9H12F3NO5S/c10-9(11,12)6-17-4-3-13-19(15,16)8-2-1-7(5-14)18-8/h1-2,13-14H,3-6H2. The lowest BCUT2D eigenvalue weighted by Crippen LogP contribution is -2.28. The molecule has 0 amide bonds. The van der Waals surface area contributed by atoms with E-state index >= 15 is 0 Å². The van der Waals surface area contributed by atoms with Gasteiger partial charge in [-0.3, -0.25) is 0 Å². The van der Waals surface area contributed by atoms with Crippen molar-refractivity contribution in [3.05, 3.63) is 17.9 Å². The molecule has 1 aromatic rings. The minimum absolute atomic E-state index is 0.0636. The van der Waals surface area contributed by atoms with E-state index in [1.165, 1.54) is 6.07 Å². The van der Waals surface area contributed by atoms with E-state index in [0.717, 1.165) is 6.07 Å². The third kappa shape index (κ3) is 5.59. The number of furan rings is 1. The van der Waals surface area contributed by atoms with Crippen LogP contribution in [0.5, 0.6) is 0 Å². The van der Waals surface area contributed by atoms with Gasteiger partial charge < -0.3 is 14.3 Å². The second-order valence-corrected chi connectivity index (χ2v) is 5.14. The molecule has 0 aliphatic heterocycles. The second-order valence-electron chi connectivity index (χ2n) is 3.44. The summed E-state index contributed by atoms with van der Waals surface area (Å²) in [5.41, 5.74) is 0. The van der Waals surface area contributed by atoms with E-state index in [1.54, 1.807) is 0 Å². The third-order valence-corrected chi connectivity index (χ3v) is 3.20. The number of aliphatic hydroxyl groups excluding tert-OH is 1. The van der Waals surface area contributed by atoms with Crippen molar-refractivity contribution in [2.24, 2.45) is 0 Å². The van der Waals surface area contributed by atoms with Crippen LogP contribution in [0.1, 0.15) is 5.76 Å². The summed E-state index contributed by atoms with van der Waals surface area (Å²) >= 11 is 0. The van der Waals surface area contributed by atoms with Crippen molar-refractivity contribution in [2.45, 2.75) is 17.9 Å². The number of hydrogen-bond acceptors (Lipinski definition) is 5. The maximum Gasteiger partial charge on any atom is 0.411 e. The average molecular weight is 303 g/mol. The van der Waals surface area contributed by atoms with Crippen LogP contribution in [0, 0.1) is 0 Å². The molecule has 1 rings (SSSR count). The fourth-order valence-corrected chi connectivity index (χ4v) is 2.05. The van der Waals surface area contributed by atoms with Gasteiger partial charge in [0.25, 0.3) is 10.0 Å². The molecule has 19 heavy (non-hydrogen) atoms. The molecule has 0 aromatic carbocycles. The Bertz CT molecular complexity index is 496. The zero-order valence-electron chi connectivity index (χ0n) is 9.61. The summed E-state index contributed by atoms with van der Waals surface area (Å²) in [6.45, 7) is -2.64. The van der Waals surface area contributed by atoms with Gasteiger partial charge in [0.1, 0.15) is 19.0 Å². The number of halogens is 3. The van der Waals surface area contributed by atoms with Gasteiger partial charge in [0.15, 0.2) is 0 Å². The molecule has 0 saturated heterocycles. The predicted molar refractivity (Wildman–Crippen MR) is 56.7 cm³/mol. The zero-order valence-corrected chi connectivity index (χ0v) is 10.4. The summed E-state index contributed by atoms with van der Waals surface area (Å²) < 4.78 is 69.3. The van der Waals surface area contributed by atoms with Crippen LogP contribution in [0.2, 0.25) is 0 Å². The molecule has 2 N–H and O–H groups in total. The van der Waals surface area contributed by atoms with E-state index in [0.29, 0.717) is 0 Å². The van der Waals surface area contributed by atoms with Crippen LogP contribution in [-0.2, 0) is 21.4 Å². The molecule has 0 aliphatic carbocycles. The Morgan fingerprint density at radius 3 is 2.58 bits per heavy atom. The first kappa shape index (κ1) is 16.0. The summed E-state index contributed by atoms with van der Waals surface area (Å²) in [6, 6.07) is 2.40. The molecule has 0 radical (unpaired) electrons. The van der Waals surface area contributed by atoms with Gasteiger partial charge in [0.2, 0.25) is 5.09 Å². The zero-order chi connectivity index (χ0) is 14.5. The van der Waals surface area contributed by atoms with Crippen LogP contribution in [-0.4, -0.2) is 39.5 Å². The van der Waals surface area contributed by atoms with Crippen molar-refractivity contribution in [3.8, 4) is 0 Å². The van der Waals surface area contributed by atoms with Gasteiger partial charge in [-0.15, -0.1) is 0 Å². The third-order valence-electron chi connectivity index (χ3n) is 1.86. The normalized spacial score (nSPS) is 12.8. The van der Waals surface area contributed by atoms with Crippen molar-refractivity contribution in [3.63, 3.8) is 0 Å². The van der Waals surface area contributed by atoms with E-state index in [9.17, 15) is 21.6 Å². The number of ether oxygens (including phenoxy) is 1. The summed E-state index contributed by atoms with van der Waals surface area (Å²) in [6.07, 6.45) is -4.45. The molecule has 0 aliphatic rings. The maximum atomic E-state index is 11.7. The van der Waals surface area contributed by atoms with Crippen molar-refractivity contribution >= 4 is 10.0 Å². The van der Waals surface area contributed by atoms with Gasteiger partial charge in [-0.1, -0.05) is 0 Å². The monoisotopic (exact) mass is 303 g/mol. The fraction of sp³-hybridized carbons (Fsp3) is 0.556. The molecule has 0 bridgehead atoms. The molecule has 0 unspecified atom stereocenters. The molecule has 0 atom stereocenters. The molecule has 0 spiro atoms. The van der Waals surface area contributed by atoms with E-state index < -0.39 is 41.1 Å². The van der Waals surface area contributed by atoms with E-state index in [4.69, 9.17) is 9.52 Å². The Hall–Kier alpha value is -1.10. The van der Waals surface area contributed by atoms with Crippen molar-refractivity contribution in [1.82, 2.24) is 4.72 Å². The van der Waals surface area contributed by atoms with Crippen LogP contribution >= 0.6 is 0 Å². The first-order valence-corrected chi connectivity index (χ1v) is 6.56. The predicted octanol–water partition coefficient (Wildman–Crippen LogP) is 0.629. The number of nitrogens with one attached hydrogen (secondary N) is 1. The lowest BCUT2D eigenvalue weighted by Gasteiger charge is -2.08. The number of sulfonamides is 1. The average Bonchev–Trinajstić information content (AvgIpc) is 2.76. The van der Waals surface area contributed by atoms with E-state index in [1.807, 2.05) is 4.72 Å². The maximum absolute atomic E-state index is 11.7. The number of hydrogen-bond donors (Lipinski definition) is 2. The quantitative estimate of drug-likeness (QED) is 0.721. The Labute approximate surface area is 107 Å². The lowest BCUT2D eigenvalue weighted by atomic mass is 10.5. The van der Waals surface area contributed by atoms with Gasteiger partial charge in [-0.25, -0.2) is 13.1 Å². The first-order valence-electron chi connectivity index (χ1n) is 5.08. The van der Waals surface area contributed by atoms with Crippen LogP contribution in [0.15, 0.2) is 21.6 Å². The van der Waals surface area contributed by atoms with Crippen molar-refractivity contribution in [1.29, 1.82) is 0 Å². The molecule has 10 heteroatoms. The highest BCUT2D eigenvalue weighted by Gasteiger charge is 2.27. The van der Waals surface area contributed by atoms with Gasteiger partial charge in [-0.2, -0.15) is 13.2 Å². The molecule has 1 heterocycles. The Balaban J connectivity index is 2.39. The summed E-state index contributed by atoms with van der Waals surface area (Å²) in [5, 5.41) is 8.28. The second kappa shape index (κ2) is 6.37. The largest absolute Gasteiger partial charge is 0.446 e. The highest BCUT2D eigenvalue weighted by molar-refractivity contribution is 7.89. The topological polar surface area (TPSA) is 88.8 Å². The number of aliphatic hydroxyl groups is 1. The van der Waals surface area contributed by atoms with Gasteiger partial charge >= 0.3 is 6.18 Å². The van der Waals surface area contributed by atoms with Crippen LogP contribution in [0.4, 0.5) is 13.2 Å². The smallest absolute Gasteiger partial charge is 0.411 e. The number of alkyl halides is 3. The molecule has 0 fully saturated rings. The van der Waals surface area contributed by atoms with E-state index in [2.05, 4.69) is 4.74 Å².